The first-order valence-electron chi connectivity index (χ1n) is 9.61. The van der Waals surface area contributed by atoms with Gasteiger partial charge in [0.2, 0.25) is 0 Å². The van der Waals surface area contributed by atoms with Crippen molar-refractivity contribution in [2.45, 2.75) is 38.4 Å². The Hall–Kier alpha value is -2.71. The van der Waals surface area contributed by atoms with Crippen LogP contribution in [-0.2, 0) is 4.74 Å². The maximum Gasteiger partial charge on any atom is 0.292 e. The Morgan fingerprint density at radius 1 is 1.03 bits per heavy atom. The molecular weight excluding hydrogens is 372 g/mol. The van der Waals surface area contributed by atoms with Crippen molar-refractivity contribution in [3.05, 3.63) is 47.8 Å². The van der Waals surface area contributed by atoms with Crippen LogP contribution in [0.15, 0.2) is 36.7 Å². The minimum atomic E-state index is -1.14. The number of nitrogens with one attached hydrogen (secondary N) is 1. The molecule has 0 bridgehead atoms. The summed E-state index contributed by atoms with van der Waals surface area (Å²) < 4.78 is 7.40. The number of aliphatic hydroxyl groups is 3. The minimum absolute atomic E-state index is 0.213. The fourth-order valence-corrected chi connectivity index (χ4v) is 4.54. The fraction of sp³-hybridized carbons (Fsp3) is 0.318. The maximum atomic E-state index is 10.4. The normalized spacial score (nSPS) is 24.9. The highest BCUT2D eigenvalue weighted by atomic mass is 16.6. The third-order valence-electron chi connectivity index (χ3n) is 6.13. The lowest BCUT2D eigenvalue weighted by Gasteiger charge is -2.12. The molecule has 7 heteroatoms. The summed E-state index contributed by atoms with van der Waals surface area (Å²) in [6.07, 6.45) is -0.164. The summed E-state index contributed by atoms with van der Waals surface area (Å²) >= 11 is 0. The average Bonchev–Trinajstić information content (AvgIpc) is 3.24. The van der Waals surface area contributed by atoms with Crippen LogP contribution in [0.2, 0.25) is 0 Å². The summed E-state index contributed by atoms with van der Waals surface area (Å²) in [7, 11) is 0. The Bertz CT molecular complexity index is 1260. The molecule has 0 saturated carbocycles. The first-order chi connectivity index (χ1) is 13.9. The van der Waals surface area contributed by atoms with Crippen LogP contribution in [0.5, 0.6) is 5.75 Å². The highest BCUT2D eigenvalue weighted by molar-refractivity contribution is 6.16. The number of nitrogens with zero attached hydrogens (tertiary/aromatic N) is 1. The Labute approximate surface area is 166 Å². The molecule has 0 radical (unpaired) electrons. The molecule has 1 aliphatic heterocycles. The Morgan fingerprint density at radius 3 is 2.55 bits per heavy atom. The van der Waals surface area contributed by atoms with E-state index < -0.39 is 24.5 Å². The molecule has 1 aliphatic rings. The van der Waals surface area contributed by atoms with Crippen LogP contribution >= 0.6 is 0 Å². The molecule has 29 heavy (non-hydrogen) atoms. The van der Waals surface area contributed by atoms with Crippen LogP contribution in [0.4, 0.5) is 0 Å². The van der Waals surface area contributed by atoms with Gasteiger partial charge in [-0.25, -0.2) is 0 Å². The van der Waals surface area contributed by atoms with Crippen LogP contribution < -0.4 is 4.57 Å². The number of aliphatic hydroxyl groups excluding tert-OH is 3. The van der Waals surface area contributed by atoms with Gasteiger partial charge in [0.25, 0.3) is 6.23 Å². The molecule has 5 rings (SSSR count). The van der Waals surface area contributed by atoms with Crippen molar-refractivity contribution < 1.29 is 29.7 Å². The molecule has 5 N–H and O–H groups in total. The molecule has 0 spiro atoms. The van der Waals surface area contributed by atoms with Crippen molar-refractivity contribution in [1.29, 1.82) is 0 Å². The summed E-state index contributed by atoms with van der Waals surface area (Å²) in [6, 6.07) is 7.26. The second kappa shape index (κ2) is 6.40. The second-order valence-corrected chi connectivity index (χ2v) is 7.80. The van der Waals surface area contributed by atoms with Crippen molar-refractivity contribution in [3.63, 3.8) is 0 Å². The van der Waals surface area contributed by atoms with Crippen molar-refractivity contribution >= 4 is 32.6 Å². The number of aromatic nitrogens is 2. The molecule has 2 aromatic heterocycles. The van der Waals surface area contributed by atoms with Crippen LogP contribution in [0.25, 0.3) is 32.6 Å². The number of hydrogen-bond acceptors (Lipinski definition) is 5. The summed E-state index contributed by atoms with van der Waals surface area (Å²) in [5.41, 5.74) is 4.11. The van der Waals surface area contributed by atoms with Gasteiger partial charge in [0, 0.05) is 27.7 Å². The fourth-order valence-electron chi connectivity index (χ4n) is 4.54. The van der Waals surface area contributed by atoms with Crippen LogP contribution in [0.1, 0.15) is 17.4 Å². The van der Waals surface area contributed by atoms with E-state index in [-0.39, 0.29) is 12.4 Å². The molecule has 1 unspecified atom stereocenters. The Balaban J connectivity index is 1.75. The van der Waals surface area contributed by atoms with Crippen molar-refractivity contribution in [3.8, 4) is 5.75 Å². The van der Waals surface area contributed by atoms with Gasteiger partial charge in [-0.15, -0.1) is 0 Å². The number of benzene rings is 2. The number of pyridine rings is 1. The summed E-state index contributed by atoms with van der Waals surface area (Å²) in [5, 5.41) is 43.8. The van der Waals surface area contributed by atoms with E-state index in [2.05, 4.69) is 11.9 Å². The number of fused-ring (bicyclic) bond motifs is 4. The molecule has 0 aliphatic carbocycles. The lowest BCUT2D eigenvalue weighted by molar-refractivity contribution is -0.764. The largest absolute Gasteiger partial charge is 0.508 e. The molecule has 1 saturated heterocycles. The predicted octanol–water partition coefficient (Wildman–Crippen LogP) is 1.70. The van der Waals surface area contributed by atoms with E-state index in [1.54, 1.807) is 16.7 Å². The molecule has 4 aromatic rings. The molecule has 150 valence electrons. The summed E-state index contributed by atoms with van der Waals surface area (Å²) in [4.78, 5) is 3.46. The summed E-state index contributed by atoms with van der Waals surface area (Å²) in [6.45, 7) is 3.72. The predicted molar refractivity (Wildman–Crippen MR) is 108 cm³/mol. The van der Waals surface area contributed by atoms with Gasteiger partial charge in [0.15, 0.2) is 18.5 Å². The number of aromatic hydroxyl groups is 1. The number of phenols is 1. The van der Waals surface area contributed by atoms with Gasteiger partial charge >= 0.3 is 0 Å². The van der Waals surface area contributed by atoms with Crippen LogP contribution in [-0.4, -0.2) is 50.3 Å². The number of hydrogen-bond donors (Lipinski definition) is 5. The van der Waals surface area contributed by atoms with E-state index in [1.807, 2.05) is 31.5 Å². The highest BCUT2D eigenvalue weighted by Crippen LogP contribution is 2.37. The number of aromatic amines is 1. The first-order valence-corrected chi connectivity index (χ1v) is 9.61. The molecule has 1 fully saturated rings. The summed E-state index contributed by atoms with van der Waals surface area (Å²) in [5.74, 6) is 0.213. The van der Waals surface area contributed by atoms with Gasteiger partial charge in [0.05, 0.1) is 12.1 Å². The van der Waals surface area contributed by atoms with Crippen molar-refractivity contribution in [2.24, 2.45) is 0 Å². The molecular formula is C22H23N2O5+. The van der Waals surface area contributed by atoms with Gasteiger partial charge in [0.1, 0.15) is 18.0 Å². The molecule has 0 amide bonds. The lowest BCUT2D eigenvalue weighted by Crippen LogP contribution is -2.45. The third-order valence-corrected chi connectivity index (χ3v) is 6.13. The third kappa shape index (κ3) is 2.55. The van der Waals surface area contributed by atoms with Crippen molar-refractivity contribution in [2.75, 3.05) is 6.61 Å². The topological polar surface area (TPSA) is 110 Å². The minimum Gasteiger partial charge on any atom is -0.508 e. The van der Waals surface area contributed by atoms with Crippen molar-refractivity contribution in [1.82, 2.24) is 4.98 Å². The molecule has 4 atom stereocenters. The van der Waals surface area contributed by atoms with E-state index in [9.17, 15) is 20.4 Å². The van der Waals surface area contributed by atoms with Gasteiger partial charge in [-0.1, -0.05) is 0 Å². The van der Waals surface area contributed by atoms with E-state index in [0.717, 1.165) is 43.7 Å². The smallest absolute Gasteiger partial charge is 0.292 e. The second-order valence-electron chi connectivity index (χ2n) is 7.80. The number of ether oxygens (including phenoxy) is 1. The number of H-pyrrole nitrogens is 1. The molecule has 7 nitrogen and oxygen atoms in total. The zero-order chi connectivity index (χ0) is 20.4. The maximum absolute atomic E-state index is 10.4. The number of aryl methyl sites for hydroxylation is 2. The lowest BCUT2D eigenvalue weighted by atomic mass is 9.97. The SMILES string of the molecule is Cc1c2cc[n+](C3O[C@H](CO)[C@@H](O)[C@H]3O)cc2c(C)c2c1[nH]c1ccc(O)cc12. The average molecular weight is 395 g/mol. The van der Waals surface area contributed by atoms with Gasteiger partial charge in [-0.05, 0) is 48.6 Å². The first kappa shape index (κ1) is 18.3. The standard InChI is InChI=1S/C22H22N2O5/c1-10-15-8-24(22-21(28)20(27)17(9-25)29-22)6-5-13(15)11(2)19-18(10)14-7-12(26)3-4-16(14)23-19/h3-8,17,20-22,25-28H,9H2,1-2H3/p+1/t17-,20-,21-,22?/m1/s1. The van der Waals surface area contributed by atoms with E-state index in [1.165, 1.54) is 0 Å². The number of phenolic OH excluding ortho intramolecular Hbond substituents is 1. The van der Waals surface area contributed by atoms with Gasteiger partial charge in [-0.3, -0.25) is 0 Å². The van der Waals surface area contributed by atoms with E-state index >= 15 is 0 Å². The monoisotopic (exact) mass is 395 g/mol. The van der Waals surface area contributed by atoms with E-state index in [4.69, 9.17) is 4.74 Å². The number of rotatable bonds is 2. The van der Waals surface area contributed by atoms with E-state index in [0.29, 0.717) is 0 Å². The Kier molecular flexibility index (Phi) is 4.04. The molecule has 2 aromatic carbocycles. The quantitative estimate of drug-likeness (QED) is 0.332. The van der Waals surface area contributed by atoms with Gasteiger partial charge in [-0.2, -0.15) is 4.57 Å². The zero-order valence-corrected chi connectivity index (χ0v) is 16.1. The molecule has 3 heterocycles. The highest BCUT2D eigenvalue weighted by Gasteiger charge is 2.48. The van der Waals surface area contributed by atoms with Crippen LogP contribution in [0, 0.1) is 13.8 Å². The Morgan fingerprint density at radius 2 is 1.83 bits per heavy atom. The zero-order valence-electron chi connectivity index (χ0n) is 16.1. The van der Waals surface area contributed by atoms with Gasteiger partial charge < -0.3 is 30.1 Å². The van der Waals surface area contributed by atoms with Crippen LogP contribution in [0.3, 0.4) is 0 Å².